The molecule has 3 nitrogen and oxygen atoms in total. The molecule has 2 aromatic rings. The average molecular weight is 311 g/mol. The molecule has 0 amide bonds. The molecule has 2 rings (SSSR count). The summed E-state index contributed by atoms with van der Waals surface area (Å²) in [5.74, 6) is -0.566. The lowest BCUT2D eigenvalue weighted by Crippen LogP contribution is -2.29. The molecule has 1 N–H and O–H groups in total. The number of carbonyl (C=O) groups is 1. The van der Waals surface area contributed by atoms with Gasteiger partial charge < -0.3 is 9.84 Å². The predicted octanol–water partition coefficient (Wildman–Crippen LogP) is 4.07. The highest BCUT2D eigenvalue weighted by atomic mass is 35.5. The lowest BCUT2D eigenvalue weighted by Gasteiger charge is -2.15. The zero-order valence-electron chi connectivity index (χ0n) is 10.4. The molecule has 20 heavy (non-hydrogen) atoms. The number of halogens is 2. The quantitative estimate of drug-likeness (QED) is 0.905. The van der Waals surface area contributed by atoms with Crippen LogP contribution in [0.25, 0.3) is 0 Å². The summed E-state index contributed by atoms with van der Waals surface area (Å²) in [6.07, 6.45) is -0.743. The fourth-order valence-corrected chi connectivity index (χ4v) is 2.07. The second-order valence-corrected chi connectivity index (χ2v) is 5.11. The van der Waals surface area contributed by atoms with Crippen LogP contribution in [0.5, 0.6) is 5.75 Å². The molecule has 0 unspecified atom stereocenters. The van der Waals surface area contributed by atoms with E-state index in [2.05, 4.69) is 0 Å². The summed E-state index contributed by atoms with van der Waals surface area (Å²) >= 11 is 11.7. The average Bonchev–Trinajstić information content (AvgIpc) is 2.40. The van der Waals surface area contributed by atoms with Crippen LogP contribution in [0.4, 0.5) is 0 Å². The zero-order valence-corrected chi connectivity index (χ0v) is 11.9. The van der Waals surface area contributed by atoms with Crippen molar-refractivity contribution < 1.29 is 14.6 Å². The molecule has 0 fully saturated rings. The number of carboxylic acid groups (broad SMARTS) is 1. The molecule has 5 heteroatoms. The predicted molar refractivity (Wildman–Crippen MR) is 78.7 cm³/mol. The lowest BCUT2D eigenvalue weighted by molar-refractivity contribution is -0.145. The summed E-state index contributed by atoms with van der Waals surface area (Å²) in [5, 5.41) is 10.4. The molecule has 0 radical (unpaired) electrons. The third-order valence-electron chi connectivity index (χ3n) is 2.68. The Labute approximate surface area is 126 Å². The Balaban J connectivity index is 2.11. The van der Waals surface area contributed by atoms with Crippen molar-refractivity contribution in [3.63, 3.8) is 0 Å². The lowest BCUT2D eigenvalue weighted by atomic mass is 10.1. The Morgan fingerprint density at radius 1 is 1.10 bits per heavy atom. The number of benzene rings is 2. The summed E-state index contributed by atoms with van der Waals surface area (Å²) < 4.78 is 5.47. The van der Waals surface area contributed by atoms with Gasteiger partial charge in [-0.05, 0) is 42.0 Å². The molecule has 0 heterocycles. The number of carboxylic acids is 1. The van der Waals surface area contributed by atoms with Crippen LogP contribution in [0.15, 0.2) is 48.5 Å². The van der Waals surface area contributed by atoms with Gasteiger partial charge in [-0.15, -0.1) is 0 Å². The fourth-order valence-electron chi connectivity index (χ4n) is 1.73. The standard InChI is InChI=1S/C15H12Cl2O3/c16-11-4-6-13(7-5-11)20-14(15(18)19)9-10-2-1-3-12(17)8-10/h1-8,14H,9H2,(H,18,19)/t14-/m0/s1. The van der Waals surface area contributed by atoms with Gasteiger partial charge in [0.2, 0.25) is 0 Å². The number of hydrogen-bond acceptors (Lipinski definition) is 2. The van der Waals surface area contributed by atoms with E-state index in [1.807, 2.05) is 6.07 Å². The van der Waals surface area contributed by atoms with E-state index in [0.29, 0.717) is 15.8 Å². The van der Waals surface area contributed by atoms with Crippen molar-refractivity contribution >= 4 is 29.2 Å². The summed E-state index contributed by atoms with van der Waals surface area (Å²) in [5.41, 5.74) is 0.805. The van der Waals surface area contributed by atoms with E-state index >= 15 is 0 Å². The van der Waals surface area contributed by atoms with E-state index in [1.54, 1.807) is 42.5 Å². The fraction of sp³-hybridized carbons (Fsp3) is 0.133. The topological polar surface area (TPSA) is 46.5 Å². The van der Waals surface area contributed by atoms with Gasteiger partial charge in [0.1, 0.15) is 5.75 Å². The third-order valence-corrected chi connectivity index (χ3v) is 3.16. The first-order chi connectivity index (χ1) is 9.54. The molecule has 0 aromatic heterocycles. The van der Waals surface area contributed by atoms with Crippen molar-refractivity contribution in [3.05, 3.63) is 64.1 Å². The first-order valence-electron chi connectivity index (χ1n) is 5.94. The maximum absolute atomic E-state index is 11.3. The number of ether oxygens (including phenoxy) is 1. The molecule has 0 aliphatic carbocycles. The van der Waals surface area contributed by atoms with Gasteiger partial charge in [-0.2, -0.15) is 0 Å². The summed E-state index contributed by atoms with van der Waals surface area (Å²) in [4.78, 5) is 11.3. The molecule has 0 bridgehead atoms. The van der Waals surface area contributed by atoms with Crippen molar-refractivity contribution in [3.8, 4) is 5.75 Å². The van der Waals surface area contributed by atoms with E-state index in [1.165, 1.54) is 0 Å². The Hall–Kier alpha value is -1.71. The van der Waals surface area contributed by atoms with E-state index in [9.17, 15) is 9.90 Å². The maximum Gasteiger partial charge on any atom is 0.345 e. The van der Waals surface area contributed by atoms with E-state index in [4.69, 9.17) is 27.9 Å². The number of hydrogen-bond donors (Lipinski definition) is 1. The Morgan fingerprint density at radius 2 is 1.80 bits per heavy atom. The second kappa shape index (κ2) is 6.64. The largest absolute Gasteiger partial charge is 0.478 e. The third kappa shape index (κ3) is 4.15. The van der Waals surface area contributed by atoms with Gasteiger partial charge in [0.15, 0.2) is 6.10 Å². The van der Waals surface area contributed by atoms with Crippen LogP contribution in [0, 0.1) is 0 Å². The summed E-state index contributed by atoms with van der Waals surface area (Å²) in [7, 11) is 0. The van der Waals surface area contributed by atoms with Crippen molar-refractivity contribution in [1.82, 2.24) is 0 Å². The minimum absolute atomic E-state index is 0.235. The summed E-state index contributed by atoms with van der Waals surface area (Å²) in [6.45, 7) is 0. The molecular weight excluding hydrogens is 299 g/mol. The molecule has 2 aromatic carbocycles. The minimum Gasteiger partial charge on any atom is -0.478 e. The number of rotatable bonds is 5. The van der Waals surface area contributed by atoms with Crippen LogP contribution in [-0.4, -0.2) is 17.2 Å². The summed E-state index contributed by atoms with van der Waals surface area (Å²) in [6, 6.07) is 13.6. The molecular formula is C15H12Cl2O3. The van der Waals surface area contributed by atoms with Crippen molar-refractivity contribution in [2.24, 2.45) is 0 Å². The Morgan fingerprint density at radius 3 is 2.40 bits per heavy atom. The van der Waals surface area contributed by atoms with Gasteiger partial charge in [0.05, 0.1) is 0 Å². The molecule has 0 aliphatic heterocycles. The molecule has 1 atom stereocenters. The molecule has 0 aliphatic rings. The zero-order chi connectivity index (χ0) is 14.5. The Kier molecular flexibility index (Phi) is 4.88. The van der Waals surface area contributed by atoms with Crippen LogP contribution >= 0.6 is 23.2 Å². The number of aliphatic carboxylic acids is 1. The van der Waals surface area contributed by atoms with Gasteiger partial charge in [0, 0.05) is 16.5 Å². The molecule has 0 saturated carbocycles. The normalized spacial score (nSPS) is 11.9. The van der Waals surface area contributed by atoms with E-state index < -0.39 is 12.1 Å². The highest BCUT2D eigenvalue weighted by Crippen LogP contribution is 2.19. The maximum atomic E-state index is 11.3. The second-order valence-electron chi connectivity index (χ2n) is 4.23. The first kappa shape index (κ1) is 14.7. The highest BCUT2D eigenvalue weighted by Gasteiger charge is 2.20. The van der Waals surface area contributed by atoms with Crippen molar-refractivity contribution in [2.45, 2.75) is 12.5 Å². The first-order valence-corrected chi connectivity index (χ1v) is 6.69. The van der Waals surface area contributed by atoms with Crippen molar-refractivity contribution in [2.75, 3.05) is 0 Å². The van der Waals surface area contributed by atoms with Crippen LogP contribution in [0.3, 0.4) is 0 Å². The Bertz CT molecular complexity index is 596. The molecule has 104 valence electrons. The van der Waals surface area contributed by atoms with Gasteiger partial charge in [-0.1, -0.05) is 35.3 Å². The SMILES string of the molecule is O=C(O)[C@H](Cc1cccc(Cl)c1)Oc1ccc(Cl)cc1. The minimum atomic E-state index is -1.03. The van der Waals surface area contributed by atoms with Crippen LogP contribution in [0.1, 0.15) is 5.56 Å². The van der Waals surface area contributed by atoms with Gasteiger partial charge in [0.25, 0.3) is 0 Å². The van der Waals surface area contributed by atoms with Gasteiger partial charge >= 0.3 is 5.97 Å². The van der Waals surface area contributed by atoms with Gasteiger partial charge in [-0.3, -0.25) is 0 Å². The van der Waals surface area contributed by atoms with Crippen LogP contribution in [0.2, 0.25) is 10.0 Å². The highest BCUT2D eigenvalue weighted by molar-refractivity contribution is 6.30. The van der Waals surface area contributed by atoms with Crippen LogP contribution < -0.4 is 4.74 Å². The molecule has 0 spiro atoms. The monoisotopic (exact) mass is 310 g/mol. The molecule has 0 saturated heterocycles. The van der Waals surface area contributed by atoms with Gasteiger partial charge in [-0.25, -0.2) is 4.79 Å². The van der Waals surface area contributed by atoms with E-state index in [-0.39, 0.29) is 6.42 Å². The van der Waals surface area contributed by atoms with Crippen LogP contribution in [-0.2, 0) is 11.2 Å². The van der Waals surface area contributed by atoms with Crippen molar-refractivity contribution in [1.29, 1.82) is 0 Å². The smallest absolute Gasteiger partial charge is 0.345 e. The van der Waals surface area contributed by atoms with E-state index in [0.717, 1.165) is 5.56 Å².